The average Bonchev–Trinajstić information content (AvgIpc) is 3.08. The summed E-state index contributed by atoms with van der Waals surface area (Å²) in [5.74, 6) is -0.261. The summed E-state index contributed by atoms with van der Waals surface area (Å²) < 4.78 is 13.6. The highest BCUT2D eigenvalue weighted by Crippen LogP contribution is 2.24. The zero-order valence-electron chi connectivity index (χ0n) is 17.6. The normalized spacial score (nSPS) is 16.3. The lowest BCUT2D eigenvalue weighted by Crippen LogP contribution is -2.38. The van der Waals surface area contributed by atoms with E-state index in [1.807, 2.05) is 58.0 Å². The van der Waals surface area contributed by atoms with E-state index >= 15 is 0 Å². The number of oxime groups is 1. The van der Waals surface area contributed by atoms with E-state index in [9.17, 15) is 9.18 Å². The van der Waals surface area contributed by atoms with Gasteiger partial charge >= 0.3 is 0 Å². The average molecular weight is 397 g/mol. The lowest BCUT2D eigenvalue weighted by atomic mass is 9.91. The molecule has 0 aromatic heterocycles. The predicted molar refractivity (Wildman–Crippen MR) is 113 cm³/mol. The fourth-order valence-electron chi connectivity index (χ4n) is 3.50. The fraction of sp³-hybridized carbons (Fsp3) is 0.417. The minimum atomic E-state index is -0.298. The summed E-state index contributed by atoms with van der Waals surface area (Å²) in [6, 6.07) is 14.5. The quantitative estimate of drug-likeness (QED) is 0.682. The molecule has 0 spiro atoms. The summed E-state index contributed by atoms with van der Waals surface area (Å²) in [6.45, 7) is 8.94. The highest BCUT2D eigenvalue weighted by molar-refractivity contribution is 6.02. The van der Waals surface area contributed by atoms with Gasteiger partial charge in [-0.3, -0.25) is 4.79 Å². The molecule has 4 nitrogen and oxygen atoms in total. The maximum atomic E-state index is 13.6. The third kappa shape index (κ3) is 5.89. The minimum absolute atomic E-state index is 0.0368. The van der Waals surface area contributed by atoms with Gasteiger partial charge in [-0.1, -0.05) is 62.3 Å². The highest BCUT2D eigenvalue weighted by atomic mass is 19.1. The molecule has 1 heterocycles. The van der Waals surface area contributed by atoms with Gasteiger partial charge in [0.25, 0.3) is 0 Å². The number of nitrogens with zero attached hydrogens (tertiary/aromatic N) is 2. The van der Waals surface area contributed by atoms with Crippen LogP contribution in [0.4, 0.5) is 4.39 Å². The van der Waals surface area contributed by atoms with E-state index in [1.54, 1.807) is 11.0 Å². The van der Waals surface area contributed by atoms with Crippen LogP contribution in [0.2, 0.25) is 0 Å². The first-order chi connectivity index (χ1) is 13.7. The third-order valence-corrected chi connectivity index (χ3v) is 4.91. The number of rotatable bonds is 6. The van der Waals surface area contributed by atoms with Gasteiger partial charge in [0.2, 0.25) is 5.91 Å². The monoisotopic (exact) mass is 396 g/mol. The number of aryl methyl sites for hydroxylation is 1. The maximum absolute atomic E-state index is 13.6. The van der Waals surface area contributed by atoms with Gasteiger partial charge in [0.1, 0.15) is 5.82 Å². The van der Waals surface area contributed by atoms with Crippen LogP contribution >= 0.6 is 0 Å². The molecule has 1 atom stereocenters. The van der Waals surface area contributed by atoms with E-state index in [0.717, 1.165) is 22.4 Å². The number of hydrogen-bond donors (Lipinski definition) is 0. The van der Waals surface area contributed by atoms with E-state index in [-0.39, 0.29) is 23.2 Å². The number of amides is 1. The van der Waals surface area contributed by atoms with E-state index in [2.05, 4.69) is 5.16 Å². The molecule has 0 bridgehead atoms. The van der Waals surface area contributed by atoms with Crippen LogP contribution in [0.25, 0.3) is 0 Å². The molecule has 2 aromatic carbocycles. The van der Waals surface area contributed by atoms with Gasteiger partial charge in [0.15, 0.2) is 6.10 Å². The van der Waals surface area contributed by atoms with Crippen LogP contribution in [0.5, 0.6) is 0 Å². The van der Waals surface area contributed by atoms with Crippen molar-refractivity contribution < 1.29 is 14.0 Å². The van der Waals surface area contributed by atoms with Crippen molar-refractivity contribution in [1.82, 2.24) is 4.90 Å². The predicted octanol–water partition coefficient (Wildman–Crippen LogP) is 5.09. The molecule has 0 saturated carbocycles. The Morgan fingerprint density at radius 3 is 2.66 bits per heavy atom. The number of benzene rings is 2. The van der Waals surface area contributed by atoms with Crippen LogP contribution in [0.1, 0.15) is 50.3 Å². The molecule has 1 aliphatic heterocycles. The molecule has 3 rings (SSSR count). The summed E-state index contributed by atoms with van der Waals surface area (Å²) in [6.07, 6.45) is 0.857. The highest BCUT2D eigenvalue weighted by Gasteiger charge is 2.29. The van der Waals surface area contributed by atoms with Crippen LogP contribution in [0, 0.1) is 18.2 Å². The standard InChI is InChI=1S/C24H29FN2O2/c1-17-8-5-6-11-21(17)22-13-20(29-26-22)16-27(23(28)14-24(2,3)4)15-18-9-7-10-19(25)12-18/h5-12,20H,13-16H2,1-4H3/t20-/m0/s1. The third-order valence-electron chi connectivity index (χ3n) is 4.91. The Morgan fingerprint density at radius 1 is 1.21 bits per heavy atom. The van der Waals surface area contributed by atoms with Crippen molar-refractivity contribution in [1.29, 1.82) is 0 Å². The Labute approximate surface area is 172 Å². The Kier molecular flexibility index (Phi) is 6.36. The molecule has 0 fully saturated rings. The van der Waals surface area contributed by atoms with Crippen molar-refractivity contribution >= 4 is 11.6 Å². The first-order valence-electron chi connectivity index (χ1n) is 10.0. The molecule has 1 aliphatic rings. The van der Waals surface area contributed by atoms with Gasteiger partial charge < -0.3 is 9.74 Å². The van der Waals surface area contributed by atoms with Gasteiger partial charge in [-0.05, 0) is 35.6 Å². The smallest absolute Gasteiger partial charge is 0.223 e. The molecule has 0 saturated heterocycles. The summed E-state index contributed by atoms with van der Waals surface area (Å²) in [5.41, 5.74) is 3.77. The molecule has 0 unspecified atom stereocenters. The zero-order chi connectivity index (χ0) is 21.0. The SMILES string of the molecule is Cc1ccccc1C1=NO[C@H](CN(Cc2cccc(F)c2)C(=O)CC(C)(C)C)C1. The Morgan fingerprint density at radius 2 is 1.97 bits per heavy atom. The number of halogens is 1. The van der Waals surface area contributed by atoms with Crippen molar-refractivity contribution in [2.75, 3.05) is 6.54 Å². The molecule has 29 heavy (non-hydrogen) atoms. The summed E-state index contributed by atoms with van der Waals surface area (Å²) in [5, 5.41) is 4.28. The van der Waals surface area contributed by atoms with Crippen LogP contribution in [-0.2, 0) is 16.2 Å². The number of hydrogen-bond acceptors (Lipinski definition) is 3. The van der Waals surface area contributed by atoms with Crippen molar-refractivity contribution in [3.8, 4) is 0 Å². The fourth-order valence-corrected chi connectivity index (χ4v) is 3.50. The van der Waals surface area contributed by atoms with E-state index in [0.29, 0.717) is 25.9 Å². The zero-order valence-corrected chi connectivity index (χ0v) is 17.6. The second-order valence-electron chi connectivity index (χ2n) is 8.93. The van der Waals surface area contributed by atoms with Crippen molar-refractivity contribution in [2.24, 2.45) is 10.6 Å². The van der Waals surface area contributed by atoms with Crippen molar-refractivity contribution in [3.05, 3.63) is 71.0 Å². The number of carbonyl (C=O) groups excluding carboxylic acids is 1. The molecule has 1 amide bonds. The summed E-state index contributed by atoms with van der Waals surface area (Å²) in [7, 11) is 0. The molecule has 154 valence electrons. The van der Waals surface area contributed by atoms with Crippen molar-refractivity contribution in [3.63, 3.8) is 0 Å². The lowest BCUT2D eigenvalue weighted by Gasteiger charge is -2.28. The first-order valence-corrected chi connectivity index (χ1v) is 10.0. The molecule has 0 radical (unpaired) electrons. The van der Waals surface area contributed by atoms with E-state index in [4.69, 9.17) is 4.84 Å². The van der Waals surface area contributed by atoms with Gasteiger partial charge in [-0.15, -0.1) is 0 Å². The Balaban J connectivity index is 1.71. The molecule has 2 aromatic rings. The number of carbonyl (C=O) groups is 1. The summed E-state index contributed by atoms with van der Waals surface area (Å²) in [4.78, 5) is 20.4. The second-order valence-corrected chi connectivity index (χ2v) is 8.93. The van der Waals surface area contributed by atoms with Crippen LogP contribution in [-0.4, -0.2) is 29.2 Å². The van der Waals surface area contributed by atoms with Crippen LogP contribution < -0.4 is 0 Å². The Hall–Kier alpha value is -2.69. The van der Waals surface area contributed by atoms with Gasteiger partial charge in [0, 0.05) is 24.9 Å². The lowest BCUT2D eigenvalue weighted by molar-refractivity contribution is -0.135. The Bertz CT molecular complexity index is 902. The molecular formula is C24H29FN2O2. The summed E-state index contributed by atoms with van der Waals surface area (Å²) >= 11 is 0. The first kappa shape index (κ1) is 21.0. The van der Waals surface area contributed by atoms with Crippen molar-refractivity contribution in [2.45, 2.75) is 53.2 Å². The molecule has 0 aliphatic carbocycles. The largest absolute Gasteiger partial charge is 0.390 e. The van der Waals surface area contributed by atoms with Gasteiger partial charge in [-0.2, -0.15) is 0 Å². The van der Waals surface area contributed by atoms with E-state index in [1.165, 1.54) is 12.1 Å². The van der Waals surface area contributed by atoms with Crippen LogP contribution in [0.15, 0.2) is 53.7 Å². The van der Waals surface area contributed by atoms with Gasteiger partial charge in [0.05, 0.1) is 12.3 Å². The van der Waals surface area contributed by atoms with E-state index < -0.39 is 0 Å². The maximum Gasteiger partial charge on any atom is 0.223 e. The molecule has 0 N–H and O–H groups in total. The molecule has 5 heteroatoms. The van der Waals surface area contributed by atoms with Crippen LogP contribution in [0.3, 0.4) is 0 Å². The molecular weight excluding hydrogens is 367 g/mol. The second kappa shape index (κ2) is 8.76. The van der Waals surface area contributed by atoms with Gasteiger partial charge in [-0.25, -0.2) is 4.39 Å². The topological polar surface area (TPSA) is 41.9 Å². The minimum Gasteiger partial charge on any atom is -0.390 e.